The van der Waals surface area contributed by atoms with Gasteiger partial charge in [0.25, 0.3) is 0 Å². The highest BCUT2D eigenvalue weighted by Crippen LogP contribution is 2.37. The van der Waals surface area contributed by atoms with Crippen LogP contribution in [0.2, 0.25) is 0 Å². The van der Waals surface area contributed by atoms with Crippen molar-refractivity contribution in [3.63, 3.8) is 0 Å². The Labute approximate surface area is 191 Å². The van der Waals surface area contributed by atoms with Crippen LogP contribution in [0, 0.1) is 5.92 Å². The summed E-state index contributed by atoms with van der Waals surface area (Å²) in [7, 11) is 0. The van der Waals surface area contributed by atoms with Crippen LogP contribution < -0.4 is 9.64 Å². The van der Waals surface area contributed by atoms with Crippen LogP contribution in [0.5, 0.6) is 5.75 Å². The number of aromatic nitrogens is 1. The Balaban J connectivity index is 1.35. The number of thiazole rings is 1. The van der Waals surface area contributed by atoms with Gasteiger partial charge < -0.3 is 14.5 Å². The molecule has 0 spiro atoms. The zero-order valence-corrected chi connectivity index (χ0v) is 20.3. The molecule has 0 atom stereocenters. The van der Waals surface area contributed by atoms with E-state index >= 15 is 0 Å². The number of rotatable bonds is 6. The SMILES string of the molecule is CCCN1CCN(C(=O)C2CCN(c3nc4cc(Br)c(OCC)cc4s3)CC2)CC1. The van der Waals surface area contributed by atoms with E-state index in [1.807, 2.05) is 13.0 Å². The van der Waals surface area contributed by atoms with Gasteiger partial charge >= 0.3 is 0 Å². The van der Waals surface area contributed by atoms with E-state index < -0.39 is 0 Å². The van der Waals surface area contributed by atoms with Crippen molar-refractivity contribution in [3.8, 4) is 5.75 Å². The first-order valence-electron chi connectivity index (χ1n) is 11.1. The maximum Gasteiger partial charge on any atom is 0.225 e. The summed E-state index contributed by atoms with van der Waals surface area (Å²) in [5.41, 5.74) is 0.994. The van der Waals surface area contributed by atoms with E-state index in [4.69, 9.17) is 9.72 Å². The smallest absolute Gasteiger partial charge is 0.225 e. The van der Waals surface area contributed by atoms with E-state index in [0.717, 1.165) is 84.2 Å². The summed E-state index contributed by atoms with van der Waals surface area (Å²) in [4.78, 5) is 24.7. The van der Waals surface area contributed by atoms with Gasteiger partial charge in [-0.3, -0.25) is 9.69 Å². The zero-order valence-electron chi connectivity index (χ0n) is 17.9. The lowest BCUT2D eigenvalue weighted by Crippen LogP contribution is -2.51. The van der Waals surface area contributed by atoms with Crippen LogP contribution >= 0.6 is 27.3 Å². The highest BCUT2D eigenvalue weighted by Gasteiger charge is 2.31. The predicted octanol–water partition coefficient (Wildman–Crippen LogP) is 4.23. The fourth-order valence-electron chi connectivity index (χ4n) is 4.40. The predicted molar refractivity (Wildman–Crippen MR) is 127 cm³/mol. The summed E-state index contributed by atoms with van der Waals surface area (Å²) in [5.74, 6) is 1.39. The molecule has 2 fully saturated rings. The van der Waals surface area contributed by atoms with E-state index in [2.05, 4.69) is 43.6 Å². The molecule has 1 amide bonds. The van der Waals surface area contributed by atoms with Crippen molar-refractivity contribution in [3.05, 3.63) is 16.6 Å². The van der Waals surface area contributed by atoms with E-state index in [1.54, 1.807) is 11.3 Å². The Bertz CT molecular complexity index is 873. The van der Waals surface area contributed by atoms with Crippen molar-refractivity contribution >= 4 is 48.5 Å². The highest BCUT2D eigenvalue weighted by molar-refractivity contribution is 9.10. The average Bonchev–Trinajstić information content (AvgIpc) is 3.17. The second-order valence-corrected chi connectivity index (χ2v) is 9.97. The molecule has 4 rings (SSSR count). The minimum absolute atomic E-state index is 0.159. The molecule has 6 nitrogen and oxygen atoms in total. The Morgan fingerprint density at radius 2 is 1.90 bits per heavy atom. The number of piperidine rings is 1. The van der Waals surface area contributed by atoms with Crippen LogP contribution in [0.4, 0.5) is 5.13 Å². The third-order valence-electron chi connectivity index (χ3n) is 6.07. The highest BCUT2D eigenvalue weighted by atomic mass is 79.9. The van der Waals surface area contributed by atoms with Crippen molar-refractivity contribution in [1.29, 1.82) is 0 Å². The lowest BCUT2D eigenvalue weighted by atomic mass is 9.95. The number of nitrogens with zero attached hydrogens (tertiary/aromatic N) is 4. The van der Waals surface area contributed by atoms with Gasteiger partial charge in [-0.25, -0.2) is 4.98 Å². The first-order valence-corrected chi connectivity index (χ1v) is 12.7. The number of piperazine rings is 1. The standard InChI is InChI=1S/C22H31BrN4O2S/c1-3-7-25-10-12-26(13-11-25)21(28)16-5-8-27(9-6-16)22-24-18-14-17(23)19(29-4-2)15-20(18)30-22/h14-16H,3-13H2,1-2H3. The summed E-state index contributed by atoms with van der Waals surface area (Å²) >= 11 is 5.29. The van der Waals surface area contributed by atoms with Gasteiger partial charge in [0.15, 0.2) is 5.13 Å². The minimum Gasteiger partial charge on any atom is -0.493 e. The maximum absolute atomic E-state index is 13.0. The molecule has 0 saturated carbocycles. The summed E-state index contributed by atoms with van der Waals surface area (Å²) in [6.45, 7) is 11.6. The molecule has 0 N–H and O–H groups in total. The molecule has 2 saturated heterocycles. The largest absolute Gasteiger partial charge is 0.493 e. The van der Waals surface area contributed by atoms with Crippen LogP contribution in [0.1, 0.15) is 33.1 Å². The van der Waals surface area contributed by atoms with Crippen LogP contribution in [-0.2, 0) is 4.79 Å². The van der Waals surface area contributed by atoms with Gasteiger partial charge in [-0.1, -0.05) is 18.3 Å². The lowest BCUT2D eigenvalue weighted by molar-refractivity contribution is -0.138. The monoisotopic (exact) mass is 494 g/mol. The topological polar surface area (TPSA) is 48.9 Å². The number of carbonyl (C=O) groups is 1. The van der Waals surface area contributed by atoms with E-state index in [9.17, 15) is 4.79 Å². The number of ether oxygens (including phenoxy) is 1. The molecule has 1 aromatic heterocycles. The molecule has 164 valence electrons. The van der Waals surface area contributed by atoms with Gasteiger partial charge in [-0.05, 0) is 54.7 Å². The second-order valence-electron chi connectivity index (χ2n) is 8.11. The third kappa shape index (κ3) is 4.75. The lowest BCUT2D eigenvalue weighted by Gasteiger charge is -2.38. The van der Waals surface area contributed by atoms with Gasteiger partial charge in [0.05, 0.1) is 21.3 Å². The van der Waals surface area contributed by atoms with Crippen LogP contribution in [0.3, 0.4) is 0 Å². The summed E-state index contributed by atoms with van der Waals surface area (Å²) in [5, 5.41) is 1.05. The van der Waals surface area contributed by atoms with Crippen molar-refractivity contribution in [2.75, 3.05) is 57.3 Å². The molecule has 1 aromatic carbocycles. The minimum atomic E-state index is 0.159. The van der Waals surface area contributed by atoms with Gasteiger partial charge in [-0.15, -0.1) is 0 Å². The van der Waals surface area contributed by atoms with Crippen LogP contribution in [0.25, 0.3) is 10.2 Å². The molecule has 0 radical (unpaired) electrons. The number of amides is 1. The van der Waals surface area contributed by atoms with E-state index in [0.29, 0.717) is 12.5 Å². The Morgan fingerprint density at radius 3 is 2.57 bits per heavy atom. The first-order chi connectivity index (χ1) is 14.6. The Kier molecular flexibility index (Phi) is 7.16. The van der Waals surface area contributed by atoms with Crippen molar-refractivity contribution < 1.29 is 9.53 Å². The molecule has 2 aliphatic heterocycles. The number of carbonyl (C=O) groups excluding carboxylic acids is 1. The van der Waals surface area contributed by atoms with Gasteiger partial charge in [0.1, 0.15) is 5.75 Å². The Morgan fingerprint density at radius 1 is 1.17 bits per heavy atom. The van der Waals surface area contributed by atoms with Crippen LogP contribution in [-0.4, -0.2) is 73.1 Å². The maximum atomic E-state index is 13.0. The summed E-state index contributed by atoms with van der Waals surface area (Å²) in [6.07, 6.45) is 3.01. The van der Waals surface area contributed by atoms with Gasteiger partial charge in [0.2, 0.25) is 5.91 Å². The molecule has 8 heteroatoms. The van der Waals surface area contributed by atoms with Crippen LogP contribution in [0.15, 0.2) is 16.6 Å². The van der Waals surface area contributed by atoms with Crippen molar-refractivity contribution in [2.45, 2.75) is 33.1 Å². The quantitative estimate of drug-likeness (QED) is 0.601. The number of anilines is 1. The number of benzene rings is 1. The van der Waals surface area contributed by atoms with Gasteiger partial charge in [-0.2, -0.15) is 0 Å². The first kappa shape index (κ1) is 21.8. The van der Waals surface area contributed by atoms with Crippen molar-refractivity contribution in [1.82, 2.24) is 14.8 Å². The molecule has 2 aromatic rings. The fourth-order valence-corrected chi connectivity index (χ4v) is 5.88. The van der Waals surface area contributed by atoms with Gasteiger partial charge in [0, 0.05) is 51.3 Å². The average molecular weight is 495 g/mol. The molecule has 30 heavy (non-hydrogen) atoms. The number of halogens is 1. The molecule has 0 bridgehead atoms. The number of fused-ring (bicyclic) bond motifs is 1. The zero-order chi connectivity index (χ0) is 21.1. The molecule has 0 aliphatic carbocycles. The fraction of sp³-hybridized carbons (Fsp3) is 0.636. The summed E-state index contributed by atoms with van der Waals surface area (Å²) in [6, 6.07) is 4.10. The molecular formula is C22H31BrN4O2S. The third-order valence-corrected chi connectivity index (χ3v) is 7.77. The second kappa shape index (κ2) is 9.83. The molecule has 2 aliphatic rings. The molecular weight excluding hydrogens is 464 g/mol. The molecule has 0 unspecified atom stereocenters. The summed E-state index contributed by atoms with van der Waals surface area (Å²) < 4.78 is 7.77. The van der Waals surface area contributed by atoms with E-state index in [-0.39, 0.29) is 5.92 Å². The normalized spacial score (nSPS) is 18.9. The Hall–Kier alpha value is -1.38. The molecule has 3 heterocycles. The van der Waals surface area contributed by atoms with Crippen molar-refractivity contribution in [2.24, 2.45) is 5.92 Å². The van der Waals surface area contributed by atoms with E-state index in [1.165, 1.54) is 6.42 Å². The number of hydrogen-bond acceptors (Lipinski definition) is 6. The number of hydrogen-bond donors (Lipinski definition) is 0.